The molecule has 1 aromatic carbocycles. The van der Waals surface area contributed by atoms with Crippen LogP contribution in [-0.2, 0) is 4.74 Å². The molecule has 0 aliphatic heterocycles. The zero-order valence-corrected chi connectivity index (χ0v) is 11.0. The normalized spacial score (nSPS) is 12.3. The van der Waals surface area contributed by atoms with Crippen molar-refractivity contribution in [2.24, 2.45) is 5.92 Å². The van der Waals surface area contributed by atoms with Crippen LogP contribution in [-0.4, -0.2) is 19.1 Å². The second-order valence-corrected chi connectivity index (χ2v) is 4.74. The molecule has 0 aromatic heterocycles. The largest absolute Gasteiger partial charge is 0.465 e. The third-order valence-corrected chi connectivity index (χ3v) is 2.54. The van der Waals surface area contributed by atoms with E-state index in [1.807, 2.05) is 12.1 Å². The first-order valence-corrected chi connectivity index (χ1v) is 5.98. The summed E-state index contributed by atoms with van der Waals surface area (Å²) in [6.45, 7) is 6.57. The van der Waals surface area contributed by atoms with Crippen LogP contribution < -0.4 is 5.32 Å². The maximum Gasteiger partial charge on any atom is 0.337 e. The molecule has 17 heavy (non-hydrogen) atoms. The summed E-state index contributed by atoms with van der Waals surface area (Å²) in [5.74, 6) is 0.374. The second-order valence-electron chi connectivity index (χ2n) is 4.74. The summed E-state index contributed by atoms with van der Waals surface area (Å²) in [5.41, 5.74) is 1.61. The number of anilines is 1. The van der Waals surface area contributed by atoms with Gasteiger partial charge >= 0.3 is 5.97 Å². The predicted octanol–water partition coefficient (Wildman–Crippen LogP) is 3.32. The van der Waals surface area contributed by atoms with Gasteiger partial charge in [0.2, 0.25) is 0 Å². The van der Waals surface area contributed by atoms with Crippen LogP contribution in [0.2, 0.25) is 0 Å². The van der Waals surface area contributed by atoms with E-state index in [9.17, 15) is 4.79 Å². The highest BCUT2D eigenvalue weighted by atomic mass is 16.5. The first-order valence-electron chi connectivity index (χ1n) is 5.98. The van der Waals surface area contributed by atoms with Crippen molar-refractivity contribution in [3.8, 4) is 0 Å². The lowest BCUT2D eigenvalue weighted by atomic mass is 10.0. The Bertz CT molecular complexity index is 357. The van der Waals surface area contributed by atoms with Crippen molar-refractivity contribution in [1.82, 2.24) is 0 Å². The van der Waals surface area contributed by atoms with Crippen LogP contribution in [0.1, 0.15) is 37.6 Å². The van der Waals surface area contributed by atoms with Crippen molar-refractivity contribution in [1.29, 1.82) is 0 Å². The van der Waals surface area contributed by atoms with Gasteiger partial charge in [0, 0.05) is 11.7 Å². The molecule has 1 rings (SSSR count). The summed E-state index contributed by atoms with van der Waals surface area (Å²) in [6.07, 6.45) is 1.12. The molecule has 3 heteroatoms. The maximum atomic E-state index is 11.2. The molecule has 94 valence electrons. The third kappa shape index (κ3) is 4.47. The highest BCUT2D eigenvalue weighted by molar-refractivity contribution is 5.89. The van der Waals surface area contributed by atoms with Crippen LogP contribution in [0.15, 0.2) is 24.3 Å². The Balaban J connectivity index is 2.59. The smallest absolute Gasteiger partial charge is 0.337 e. The minimum Gasteiger partial charge on any atom is -0.465 e. The lowest BCUT2D eigenvalue weighted by Gasteiger charge is -2.17. The molecule has 0 amide bonds. The molecule has 1 N–H and O–H groups in total. The van der Waals surface area contributed by atoms with Gasteiger partial charge in [-0.25, -0.2) is 4.79 Å². The molecule has 0 bridgehead atoms. The predicted molar refractivity (Wildman–Crippen MR) is 70.3 cm³/mol. The molecule has 0 heterocycles. The Kier molecular flexibility index (Phi) is 5.01. The van der Waals surface area contributed by atoms with Crippen molar-refractivity contribution >= 4 is 11.7 Å². The van der Waals surface area contributed by atoms with Crippen molar-refractivity contribution in [2.75, 3.05) is 12.4 Å². The summed E-state index contributed by atoms with van der Waals surface area (Å²) >= 11 is 0. The average molecular weight is 235 g/mol. The van der Waals surface area contributed by atoms with Crippen LogP contribution in [0.5, 0.6) is 0 Å². The third-order valence-electron chi connectivity index (χ3n) is 2.54. The molecule has 0 spiro atoms. The molecular formula is C14H21NO2. The Morgan fingerprint density at radius 2 is 1.82 bits per heavy atom. The Morgan fingerprint density at radius 3 is 2.29 bits per heavy atom. The summed E-state index contributed by atoms with van der Waals surface area (Å²) in [6, 6.07) is 7.79. The molecule has 0 saturated carbocycles. The topological polar surface area (TPSA) is 38.3 Å². The monoisotopic (exact) mass is 235 g/mol. The Morgan fingerprint density at radius 1 is 1.24 bits per heavy atom. The van der Waals surface area contributed by atoms with E-state index < -0.39 is 0 Å². The number of nitrogens with one attached hydrogen (secondary N) is 1. The standard InChI is InChI=1S/C14H21NO2/c1-10(2)9-11(3)15-13-7-5-12(6-8-13)14(16)17-4/h5-8,10-11,15H,9H2,1-4H3. The Labute approximate surface area is 103 Å². The molecule has 0 aliphatic rings. The lowest BCUT2D eigenvalue weighted by Crippen LogP contribution is -2.17. The maximum absolute atomic E-state index is 11.2. The summed E-state index contributed by atoms with van der Waals surface area (Å²) in [7, 11) is 1.39. The fourth-order valence-corrected chi connectivity index (χ4v) is 1.87. The first kappa shape index (κ1) is 13.6. The quantitative estimate of drug-likeness (QED) is 0.796. The van der Waals surface area contributed by atoms with Gasteiger partial charge in [0.05, 0.1) is 12.7 Å². The molecular weight excluding hydrogens is 214 g/mol. The fraction of sp³-hybridized carbons (Fsp3) is 0.500. The van der Waals surface area contributed by atoms with Gasteiger partial charge in [0.25, 0.3) is 0 Å². The molecule has 1 unspecified atom stereocenters. The number of hydrogen-bond donors (Lipinski definition) is 1. The molecule has 1 aromatic rings. The van der Waals surface area contributed by atoms with Crippen LogP contribution in [0.4, 0.5) is 5.69 Å². The van der Waals surface area contributed by atoms with Gasteiger partial charge in [0.1, 0.15) is 0 Å². The van der Waals surface area contributed by atoms with Gasteiger partial charge in [-0.1, -0.05) is 13.8 Å². The van der Waals surface area contributed by atoms with Gasteiger partial charge < -0.3 is 10.1 Å². The van der Waals surface area contributed by atoms with E-state index >= 15 is 0 Å². The van der Waals surface area contributed by atoms with Crippen LogP contribution in [0.25, 0.3) is 0 Å². The number of carbonyl (C=O) groups is 1. The molecule has 0 fully saturated rings. The number of rotatable bonds is 5. The van der Waals surface area contributed by atoms with E-state index in [2.05, 4.69) is 30.8 Å². The summed E-state index contributed by atoms with van der Waals surface area (Å²) in [5, 5.41) is 3.41. The number of esters is 1. The molecule has 0 saturated heterocycles. The average Bonchev–Trinajstić information content (AvgIpc) is 2.28. The van der Waals surface area contributed by atoms with Gasteiger partial charge in [-0.15, -0.1) is 0 Å². The summed E-state index contributed by atoms with van der Waals surface area (Å²) in [4.78, 5) is 11.2. The van der Waals surface area contributed by atoms with Crippen LogP contribution in [0.3, 0.4) is 0 Å². The molecule has 0 aliphatic carbocycles. The summed E-state index contributed by atoms with van der Waals surface area (Å²) < 4.78 is 4.65. The highest BCUT2D eigenvalue weighted by Gasteiger charge is 2.07. The van der Waals surface area contributed by atoms with Crippen LogP contribution in [0, 0.1) is 5.92 Å². The molecule has 0 radical (unpaired) electrons. The van der Waals surface area contributed by atoms with E-state index in [1.165, 1.54) is 7.11 Å². The minimum atomic E-state index is -0.299. The van der Waals surface area contributed by atoms with Crippen molar-refractivity contribution in [3.05, 3.63) is 29.8 Å². The van der Waals surface area contributed by atoms with E-state index in [1.54, 1.807) is 12.1 Å². The Hall–Kier alpha value is -1.51. The van der Waals surface area contributed by atoms with Crippen molar-refractivity contribution < 1.29 is 9.53 Å². The number of benzene rings is 1. The van der Waals surface area contributed by atoms with Crippen molar-refractivity contribution in [2.45, 2.75) is 33.2 Å². The zero-order valence-electron chi connectivity index (χ0n) is 11.0. The second kappa shape index (κ2) is 6.28. The fourth-order valence-electron chi connectivity index (χ4n) is 1.87. The highest BCUT2D eigenvalue weighted by Crippen LogP contribution is 2.14. The van der Waals surface area contributed by atoms with Gasteiger partial charge in [-0.3, -0.25) is 0 Å². The van der Waals surface area contributed by atoms with Gasteiger partial charge in [-0.2, -0.15) is 0 Å². The SMILES string of the molecule is COC(=O)c1ccc(NC(C)CC(C)C)cc1. The number of hydrogen-bond acceptors (Lipinski definition) is 3. The minimum absolute atomic E-state index is 0.299. The molecule has 3 nitrogen and oxygen atoms in total. The van der Waals surface area contributed by atoms with E-state index in [0.717, 1.165) is 12.1 Å². The number of carbonyl (C=O) groups excluding carboxylic acids is 1. The van der Waals surface area contributed by atoms with E-state index in [-0.39, 0.29) is 5.97 Å². The van der Waals surface area contributed by atoms with Crippen LogP contribution >= 0.6 is 0 Å². The molecule has 1 atom stereocenters. The first-order chi connectivity index (χ1) is 8.02. The van der Waals surface area contributed by atoms with Crippen molar-refractivity contribution in [3.63, 3.8) is 0 Å². The van der Waals surface area contributed by atoms with Gasteiger partial charge in [0.15, 0.2) is 0 Å². The van der Waals surface area contributed by atoms with E-state index in [0.29, 0.717) is 17.5 Å². The van der Waals surface area contributed by atoms with E-state index in [4.69, 9.17) is 0 Å². The number of methoxy groups -OCH3 is 1. The van der Waals surface area contributed by atoms with Gasteiger partial charge in [-0.05, 0) is 43.5 Å². The number of ether oxygens (including phenoxy) is 1. The zero-order chi connectivity index (χ0) is 12.8. The lowest BCUT2D eigenvalue weighted by molar-refractivity contribution is 0.0601.